The average molecular weight is 765 g/mol. The summed E-state index contributed by atoms with van der Waals surface area (Å²) in [6.07, 6.45) is 0. The van der Waals surface area contributed by atoms with E-state index in [1.807, 2.05) is 0 Å². The molecule has 0 spiro atoms. The molecule has 0 fully saturated rings. The van der Waals surface area contributed by atoms with Gasteiger partial charge in [0.2, 0.25) is 0 Å². The molecule has 0 N–H and O–H groups in total. The zero-order valence-electron chi connectivity index (χ0n) is 29.5. The van der Waals surface area contributed by atoms with E-state index in [0.717, 1.165) is 9.52 Å². The summed E-state index contributed by atoms with van der Waals surface area (Å²) in [5, 5.41) is 8.02. The van der Waals surface area contributed by atoms with E-state index < -0.39 is 20.8 Å². The number of hydrogen-bond donors (Lipinski definition) is 0. The molecule has 0 bridgehead atoms. The topological polar surface area (TPSA) is 0 Å². The summed E-state index contributed by atoms with van der Waals surface area (Å²) in [6.45, 7) is 17.7. The quantitative estimate of drug-likeness (QED) is 0.124. The van der Waals surface area contributed by atoms with Gasteiger partial charge in [-0.15, -0.1) is 69.1 Å². The number of halogens is 2. The van der Waals surface area contributed by atoms with Crippen molar-refractivity contribution >= 4 is 58.9 Å². The van der Waals surface area contributed by atoms with Crippen LogP contribution in [0.1, 0.15) is 57.2 Å². The summed E-state index contributed by atoms with van der Waals surface area (Å²) in [5.74, 6) is 0.563. The van der Waals surface area contributed by atoms with Gasteiger partial charge in [-0.1, -0.05) is 145 Å². The molecule has 0 atom stereocenters. The van der Waals surface area contributed by atoms with Crippen molar-refractivity contribution in [2.24, 2.45) is 0 Å². The van der Waals surface area contributed by atoms with Gasteiger partial charge in [0.15, 0.2) is 0 Å². The molecule has 0 aromatic heterocycles. The first-order valence-electron chi connectivity index (χ1n) is 16.5. The van der Waals surface area contributed by atoms with Crippen LogP contribution >= 0.6 is 17.0 Å². The number of hydrogen-bond acceptors (Lipinski definition) is 0. The second-order valence-corrected chi connectivity index (χ2v) is 18.3. The molecule has 0 aliphatic rings. The van der Waals surface area contributed by atoms with Gasteiger partial charge in [-0.05, 0) is 38.8 Å². The molecule has 0 saturated carbocycles. The van der Waals surface area contributed by atoms with Crippen LogP contribution < -0.4 is 0 Å². The third kappa shape index (κ3) is 9.48. The van der Waals surface area contributed by atoms with Gasteiger partial charge in [0, 0.05) is 9.52 Å². The molecule has 48 heavy (non-hydrogen) atoms. The van der Waals surface area contributed by atoms with Gasteiger partial charge in [-0.2, -0.15) is 12.1 Å². The monoisotopic (exact) mass is 762 g/mol. The van der Waals surface area contributed by atoms with Gasteiger partial charge < -0.3 is 0 Å². The first-order valence-corrected chi connectivity index (χ1v) is 24.8. The minimum atomic E-state index is -0.826. The van der Waals surface area contributed by atoms with E-state index in [9.17, 15) is 0 Å². The van der Waals surface area contributed by atoms with Crippen LogP contribution in [-0.2, 0) is 26.3 Å². The standard InChI is InChI=1S/C22H19.C20H21.C2H6Si.2ClH.Zr/c1-15(2)18-13-17-9-6-12-21(22(17)14-18)20-11-5-8-16-7-3-4-10-19(16)20;1-14-12-16-6-5-7-18(19(16)13-14)15-8-10-17(11-9-15)20(2,3)4;1-3-2;;;/h3-15H,1-2H3;5-13H,1-4H3;1-2H3;2*1H;/q2*-1;;;;+4/p-2. The Hall–Kier alpha value is -2.74. The minimum absolute atomic E-state index is 0.210. The van der Waals surface area contributed by atoms with Crippen molar-refractivity contribution in [1.29, 1.82) is 0 Å². The van der Waals surface area contributed by atoms with Crippen LogP contribution in [0.4, 0.5) is 0 Å². The molecule has 244 valence electrons. The Balaban J connectivity index is 0.000000187. The Bertz CT molecular complexity index is 2030. The van der Waals surface area contributed by atoms with E-state index in [0.29, 0.717) is 5.92 Å². The van der Waals surface area contributed by atoms with Crippen molar-refractivity contribution in [2.75, 3.05) is 0 Å². The van der Waals surface area contributed by atoms with Crippen molar-refractivity contribution in [1.82, 2.24) is 0 Å². The molecule has 0 saturated heterocycles. The maximum atomic E-state index is 4.93. The van der Waals surface area contributed by atoms with E-state index in [4.69, 9.17) is 17.0 Å². The average Bonchev–Trinajstić information content (AvgIpc) is 3.69. The van der Waals surface area contributed by atoms with Crippen molar-refractivity contribution in [3.05, 3.63) is 144 Å². The predicted molar refractivity (Wildman–Crippen MR) is 214 cm³/mol. The number of aryl methyl sites for hydroxylation is 1. The fourth-order valence-electron chi connectivity index (χ4n) is 6.07. The Morgan fingerprint density at radius 3 is 1.73 bits per heavy atom. The fraction of sp³-hybridized carbons (Fsp3) is 0.227. The Labute approximate surface area is 309 Å². The molecule has 0 aliphatic carbocycles. The van der Waals surface area contributed by atoms with Crippen LogP contribution in [0.25, 0.3) is 54.6 Å². The van der Waals surface area contributed by atoms with Gasteiger partial charge in [0.1, 0.15) is 0 Å². The maximum absolute atomic E-state index is 4.93. The summed E-state index contributed by atoms with van der Waals surface area (Å²) >= 11 is -0.826. The van der Waals surface area contributed by atoms with E-state index in [2.05, 4.69) is 182 Å². The van der Waals surface area contributed by atoms with Gasteiger partial charge in [0.25, 0.3) is 0 Å². The van der Waals surface area contributed by atoms with E-state index in [1.165, 1.54) is 71.3 Å². The van der Waals surface area contributed by atoms with E-state index in [-0.39, 0.29) is 5.41 Å². The van der Waals surface area contributed by atoms with Gasteiger partial charge in [0.05, 0.1) is 0 Å². The van der Waals surface area contributed by atoms with Gasteiger partial charge in [-0.3, -0.25) is 0 Å². The number of rotatable bonds is 3. The van der Waals surface area contributed by atoms with Crippen LogP contribution in [0.15, 0.2) is 127 Å². The zero-order valence-corrected chi connectivity index (χ0v) is 34.4. The molecule has 0 nitrogen and oxygen atoms in total. The van der Waals surface area contributed by atoms with Crippen molar-refractivity contribution in [3.63, 3.8) is 0 Å². The normalized spacial score (nSPS) is 10.9. The van der Waals surface area contributed by atoms with Crippen LogP contribution in [0, 0.1) is 6.92 Å². The van der Waals surface area contributed by atoms with Crippen LogP contribution in [0.5, 0.6) is 0 Å². The molecule has 0 heterocycles. The Morgan fingerprint density at radius 1 is 0.625 bits per heavy atom. The molecule has 4 heteroatoms. The van der Waals surface area contributed by atoms with Crippen molar-refractivity contribution in [2.45, 2.75) is 66.0 Å². The van der Waals surface area contributed by atoms with Crippen molar-refractivity contribution < 1.29 is 20.8 Å². The summed E-state index contributed by atoms with van der Waals surface area (Å²) in [7, 11) is 11.0. The molecule has 7 aromatic carbocycles. The molecule has 7 aromatic rings. The first-order chi connectivity index (χ1) is 23.0. The Kier molecular flexibility index (Phi) is 14.1. The third-order valence-electron chi connectivity index (χ3n) is 8.48. The third-order valence-corrected chi connectivity index (χ3v) is 8.48. The second-order valence-electron chi connectivity index (χ2n) is 13.5. The molecular weight excluding hydrogens is 719 g/mol. The van der Waals surface area contributed by atoms with E-state index >= 15 is 0 Å². The molecule has 7 rings (SSSR count). The fourth-order valence-corrected chi connectivity index (χ4v) is 6.07. The van der Waals surface area contributed by atoms with E-state index in [1.54, 1.807) is 0 Å². The predicted octanol–water partition coefficient (Wildman–Crippen LogP) is 14.5. The summed E-state index contributed by atoms with van der Waals surface area (Å²) in [4.78, 5) is 0. The van der Waals surface area contributed by atoms with Crippen LogP contribution in [0.3, 0.4) is 0 Å². The van der Waals surface area contributed by atoms with Crippen LogP contribution in [0.2, 0.25) is 13.1 Å². The number of benzene rings is 5. The second kappa shape index (κ2) is 17.8. The molecule has 0 unspecified atom stereocenters. The molecule has 2 radical (unpaired) electrons. The van der Waals surface area contributed by atoms with Gasteiger partial charge >= 0.3 is 37.9 Å². The molecule has 0 amide bonds. The Morgan fingerprint density at radius 2 is 1.12 bits per heavy atom. The van der Waals surface area contributed by atoms with Gasteiger partial charge in [-0.25, -0.2) is 0 Å². The SMILES string of the molecule is CC(C)c1cc2c(-c3cccc4ccccc34)cccc2[cH-]1.C[Si]C.Cc1cc2c(-c3ccc(C(C)(C)C)cc3)cccc2[cH-]1.[Cl][Zr+2][Cl]. The number of fused-ring (bicyclic) bond motifs is 3. The zero-order chi connectivity index (χ0) is 34.8. The summed E-state index contributed by atoms with van der Waals surface area (Å²) in [5.41, 5.74) is 9.63. The molecular formula is C44H46Cl2SiZr. The first kappa shape index (κ1) is 38.1. The molecule has 0 aliphatic heterocycles. The van der Waals surface area contributed by atoms with Crippen LogP contribution in [-0.4, -0.2) is 9.52 Å². The van der Waals surface area contributed by atoms with Crippen molar-refractivity contribution in [3.8, 4) is 22.3 Å². The summed E-state index contributed by atoms with van der Waals surface area (Å²) in [6, 6.07) is 46.6. The summed E-state index contributed by atoms with van der Waals surface area (Å²) < 4.78 is 0.